The minimum atomic E-state index is -4.69. The summed E-state index contributed by atoms with van der Waals surface area (Å²) in [5.41, 5.74) is 2.52. The lowest BCUT2D eigenvalue weighted by Gasteiger charge is -2.11. The number of nitrogens with one attached hydrogen (secondary N) is 1. The Balaban J connectivity index is 1.22. The van der Waals surface area contributed by atoms with E-state index in [0.29, 0.717) is 27.9 Å². The van der Waals surface area contributed by atoms with Gasteiger partial charge in [-0.3, -0.25) is 4.79 Å². The zero-order valence-electron chi connectivity index (χ0n) is 24.1. The molecule has 3 aromatic heterocycles. The van der Waals surface area contributed by atoms with Crippen molar-refractivity contribution < 1.29 is 30.9 Å². The van der Waals surface area contributed by atoms with E-state index in [-0.39, 0.29) is 33.5 Å². The Morgan fingerprint density at radius 1 is 0.935 bits per heavy atom. The number of carbonyl (C=O) groups excluding carboxylic acids is 1. The van der Waals surface area contributed by atoms with Gasteiger partial charge in [0, 0.05) is 17.0 Å². The fourth-order valence-corrected chi connectivity index (χ4v) is 6.16. The Labute approximate surface area is 260 Å². The summed E-state index contributed by atoms with van der Waals surface area (Å²) in [6.45, 7) is 1.86. The van der Waals surface area contributed by atoms with Gasteiger partial charge in [-0.15, -0.1) is 0 Å². The molecule has 1 saturated carbocycles. The summed E-state index contributed by atoms with van der Waals surface area (Å²) in [5, 5.41) is 8.25. The third-order valence-corrected chi connectivity index (χ3v) is 9.06. The number of carbonyl (C=O) groups is 1. The predicted molar refractivity (Wildman–Crippen MR) is 163 cm³/mol. The van der Waals surface area contributed by atoms with Crippen molar-refractivity contribution >= 4 is 27.0 Å². The molecular weight excluding hydrogens is 619 g/mol. The Bertz CT molecular complexity index is 2210. The first-order valence-electron chi connectivity index (χ1n) is 14.3. The minimum absolute atomic E-state index is 0.0474. The second kappa shape index (κ2) is 10.9. The molecule has 0 atom stereocenters. The van der Waals surface area contributed by atoms with Crippen molar-refractivity contribution in [2.75, 3.05) is 0 Å². The quantitative estimate of drug-likeness (QED) is 0.198. The minimum Gasteiger partial charge on any atom is -0.335 e. The summed E-state index contributed by atoms with van der Waals surface area (Å²) >= 11 is 0. The highest BCUT2D eigenvalue weighted by Crippen LogP contribution is 2.43. The van der Waals surface area contributed by atoms with Crippen molar-refractivity contribution in [1.82, 2.24) is 24.6 Å². The molecule has 0 radical (unpaired) electrons. The van der Waals surface area contributed by atoms with Gasteiger partial charge in [0.25, 0.3) is 21.6 Å². The fraction of sp³-hybridized carbons (Fsp3) is 0.152. The van der Waals surface area contributed by atoms with E-state index in [9.17, 15) is 26.4 Å². The molecule has 1 fully saturated rings. The van der Waals surface area contributed by atoms with Crippen molar-refractivity contribution in [2.24, 2.45) is 0 Å². The predicted octanol–water partition coefficient (Wildman–Crippen LogP) is 7.07. The highest BCUT2D eigenvalue weighted by Gasteiger charge is 2.36. The topological polar surface area (TPSA) is 120 Å². The lowest BCUT2D eigenvalue weighted by atomic mass is 10.0. The molecule has 0 bridgehead atoms. The molecular formula is C33H24F3N5O4S. The molecule has 0 spiro atoms. The second-order valence-corrected chi connectivity index (χ2v) is 12.7. The number of rotatable bonds is 7. The molecule has 1 amide bonds. The van der Waals surface area contributed by atoms with E-state index >= 15 is 0 Å². The Hall–Kier alpha value is -5.30. The Morgan fingerprint density at radius 2 is 1.63 bits per heavy atom. The summed E-state index contributed by atoms with van der Waals surface area (Å²) < 4.78 is 76.4. The van der Waals surface area contributed by atoms with Gasteiger partial charge in [0.05, 0.1) is 38.6 Å². The molecule has 1 N–H and O–H groups in total. The van der Waals surface area contributed by atoms with Gasteiger partial charge < -0.3 is 4.52 Å². The lowest BCUT2D eigenvalue weighted by molar-refractivity contribution is -0.141. The zero-order valence-corrected chi connectivity index (χ0v) is 24.9. The van der Waals surface area contributed by atoms with Gasteiger partial charge in [-0.25, -0.2) is 22.8 Å². The monoisotopic (exact) mass is 643 g/mol. The first kappa shape index (κ1) is 29.4. The number of pyridine rings is 1. The van der Waals surface area contributed by atoms with E-state index in [4.69, 9.17) is 4.52 Å². The summed E-state index contributed by atoms with van der Waals surface area (Å²) in [4.78, 5) is 17.9. The van der Waals surface area contributed by atoms with Crippen LogP contribution in [0, 0.1) is 6.92 Å². The molecule has 0 aliphatic heterocycles. The molecule has 3 aromatic carbocycles. The molecule has 232 valence electrons. The van der Waals surface area contributed by atoms with E-state index in [1.165, 1.54) is 30.3 Å². The molecule has 1 aliphatic rings. The zero-order chi connectivity index (χ0) is 32.2. The highest BCUT2D eigenvalue weighted by molar-refractivity contribution is 7.90. The van der Waals surface area contributed by atoms with Crippen molar-refractivity contribution in [3.05, 3.63) is 114 Å². The van der Waals surface area contributed by atoms with E-state index in [2.05, 4.69) is 20.0 Å². The number of amides is 1. The van der Waals surface area contributed by atoms with Gasteiger partial charge in [-0.1, -0.05) is 65.3 Å². The summed E-state index contributed by atoms with van der Waals surface area (Å²) in [6.07, 6.45) is -2.97. The van der Waals surface area contributed by atoms with Crippen LogP contribution in [0.3, 0.4) is 0 Å². The van der Waals surface area contributed by atoms with Crippen LogP contribution in [0.1, 0.15) is 46.1 Å². The number of halogens is 3. The first-order valence-corrected chi connectivity index (χ1v) is 15.7. The van der Waals surface area contributed by atoms with Crippen LogP contribution in [0.5, 0.6) is 0 Å². The average Bonchev–Trinajstić information content (AvgIpc) is 3.62. The average molecular weight is 644 g/mol. The lowest BCUT2D eigenvalue weighted by Crippen LogP contribution is -2.31. The fourth-order valence-electron chi connectivity index (χ4n) is 5.19. The van der Waals surface area contributed by atoms with Crippen LogP contribution in [0.2, 0.25) is 0 Å². The molecule has 1 aliphatic carbocycles. The molecule has 6 aromatic rings. The van der Waals surface area contributed by atoms with Crippen molar-refractivity contribution in [1.29, 1.82) is 0 Å². The molecule has 9 nitrogen and oxygen atoms in total. The van der Waals surface area contributed by atoms with Crippen LogP contribution < -0.4 is 4.72 Å². The number of aryl methyl sites for hydroxylation is 1. The highest BCUT2D eigenvalue weighted by atomic mass is 32.2. The maximum absolute atomic E-state index is 13.6. The van der Waals surface area contributed by atoms with Crippen LogP contribution in [0.15, 0.2) is 100 Å². The molecule has 0 unspecified atom stereocenters. The SMILES string of the molecule is Cc1ccc(-c2cc(C(F)(F)F)nn2-c2ccc(S(=O)(=O)NC(=O)c3cc(-c4ccccc4)nc4onc(C5CC5)c34)cc2)cc1. The third kappa shape index (κ3) is 5.53. The molecule has 0 saturated heterocycles. The van der Waals surface area contributed by atoms with Gasteiger partial charge in [-0.2, -0.15) is 18.3 Å². The van der Waals surface area contributed by atoms with Gasteiger partial charge in [0.1, 0.15) is 0 Å². The number of nitrogens with zero attached hydrogens (tertiary/aromatic N) is 4. The number of aromatic nitrogens is 4. The summed E-state index contributed by atoms with van der Waals surface area (Å²) in [5.74, 6) is -0.811. The first-order chi connectivity index (χ1) is 22.0. The van der Waals surface area contributed by atoms with E-state index in [1.807, 2.05) is 25.1 Å². The molecule has 3 heterocycles. The largest absolute Gasteiger partial charge is 0.435 e. The molecule has 13 heteroatoms. The number of hydrogen-bond donors (Lipinski definition) is 1. The van der Waals surface area contributed by atoms with E-state index < -0.39 is 27.8 Å². The maximum Gasteiger partial charge on any atom is 0.435 e. The number of alkyl halides is 3. The van der Waals surface area contributed by atoms with Crippen LogP contribution in [-0.2, 0) is 16.2 Å². The smallest absolute Gasteiger partial charge is 0.335 e. The van der Waals surface area contributed by atoms with Gasteiger partial charge in [-0.05, 0) is 56.2 Å². The van der Waals surface area contributed by atoms with Crippen LogP contribution in [0.4, 0.5) is 13.2 Å². The van der Waals surface area contributed by atoms with Crippen LogP contribution in [0.25, 0.3) is 39.3 Å². The maximum atomic E-state index is 13.6. The van der Waals surface area contributed by atoms with Gasteiger partial charge >= 0.3 is 6.18 Å². The number of fused-ring (bicyclic) bond motifs is 1. The third-order valence-electron chi connectivity index (χ3n) is 7.72. The van der Waals surface area contributed by atoms with Crippen LogP contribution in [-0.4, -0.2) is 34.2 Å². The van der Waals surface area contributed by atoms with Crippen LogP contribution >= 0.6 is 0 Å². The Kier molecular flexibility index (Phi) is 7.00. The van der Waals surface area contributed by atoms with Crippen molar-refractivity contribution in [2.45, 2.75) is 36.8 Å². The number of hydrogen-bond acceptors (Lipinski definition) is 7. The van der Waals surface area contributed by atoms with Crippen molar-refractivity contribution in [3.8, 4) is 28.2 Å². The molecule has 46 heavy (non-hydrogen) atoms. The standard InChI is InChI=1S/C33H24F3N5O4S/c1-19-7-9-21(10-8-19)27-18-28(33(34,35)36)38-41(27)23-13-15-24(16-14-23)46(43,44)40-31(42)25-17-26(20-5-3-2-4-6-20)37-32-29(25)30(39-45-32)22-11-12-22/h2-10,13-18,22H,11-12H2,1H3,(H,40,42). The normalized spacial score (nSPS) is 13.7. The van der Waals surface area contributed by atoms with Crippen molar-refractivity contribution in [3.63, 3.8) is 0 Å². The summed E-state index contributed by atoms with van der Waals surface area (Å²) in [7, 11) is -4.42. The van der Waals surface area contributed by atoms with Gasteiger partial charge in [0.15, 0.2) is 5.69 Å². The van der Waals surface area contributed by atoms with Gasteiger partial charge in [0.2, 0.25) is 0 Å². The second-order valence-electron chi connectivity index (χ2n) is 11.1. The number of benzene rings is 3. The molecule has 7 rings (SSSR count). The summed E-state index contributed by atoms with van der Waals surface area (Å²) in [6, 6.07) is 23.4. The van der Waals surface area contributed by atoms with E-state index in [1.54, 1.807) is 36.4 Å². The van der Waals surface area contributed by atoms with E-state index in [0.717, 1.165) is 29.2 Å². The number of sulfonamides is 1. The Morgan fingerprint density at radius 3 is 2.28 bits per heavy atom.